The van der Waals surface area contributed by atoms with Gasteiger partial charge in [0.1, 0.15) is 0 Å². The van der Waals surface area contributed by atoms with E-state index in [1.807, 2.05) is 17.8 Å². The predicted molar refractivity (Wildman–Crippen MR) is 51.9 cm³/mol. The summed E-state index contributed by atoms with van der Waals surface area (Å²) in [5, 5.41) is 12.6. The zero-order valence-electron chi connectivity index (χ0n) is 6.68. The molecule has 0 amide bonds. The second-order valence-electron chi connectivity index (χ2n) is 2.97. The molecular formula is C9H11NOS. The number of hydrogen-bond donors (Lipinski definition) is 1. The molecule has 12 heavy (non-hydrogen) atoms. The standard InChI is InChI=1S/C9H11NOS/c11-10-8-5-6-12-9-4-2-1-3-7(8)9/h1-4,7,9,11H,5-6H2. The molecule has 0 bridgehead atoms. The maximum absolute atomic E-state index is 8.75. The second-order valence-corrected chi connectivity index (χ2v) is 4.26. The summed E-state index contributed by atoms with van der Waals surface area (Å²) in [6.45, 7) is 0. The molecule has 2 unspecified atom stereocenters. The molecule has 1 N–H and O–H groups in total. The van der Waals surface area contributed by atoms with Gasteiger partial charge in [-0.15, -0.1) is 0 Å². The van der Waals surface area contributed by atoms with E-state index in [-0.39, 0.29) is 0 Å². The number of rotatable bonds is 0. The zero-order chi connectivity index (χ0) is 8.39. The molecule has 2 aliphatic rings. The van der Waals surface area contributed by atoms with Gasteiger partial charge in [0.2, 0.25) is 0 Å². The van der Waals surface area contributed by atoms with E-state index in [2.05, 4.69) is 23.4 Å². The van der Waals surface area contributed by atoms with Crippen molar-refractivity contribution >= 4 is 17.5 Å². The van der Waals surface area contributed by atoms with E-state index in [1.165, 1.54) is 0 Å². The monoisotopic (exact) mass is 181 g/mol. The normalized spacial score (nSPS) is 36.8. The molecular weight excluding hydrogens is 170 g/mol. The Morgan fingerprint density at radius 2 is 2.25 bits per heavy atom. The minimum Gasteiger partial charge on any atom is -0.411 e. The van der Waals surface area contributed by atoms with Crippen molar-refractivity contribution in [2.24, 2.45) is 11.1 Å². The Morgan fingerprint density at radius 1 is 1.42 bits per heavy atom. The van der Waals surface area contributed by atoms with E-state index < -0.39 is 0 Å². The van der Waals surface area contributed by atoms with Crippen molar-refractivity contribution < 1.29 is 5.21 Å². The molecule has 2 rings (SSSR count). The number of allylic oxidation sites excluding steroid dienone is 3. The lowest BCUT2D eigenvalue weighted by molar-refractivity contribution is 0.314. The van der Waals surface area contributed by atoms with Crippen LogP contribution in [0.2, 0.25) is 0 Å². The summed E-state index contributed by atoms with van der Waals surface area (Å²) in [6, 6.07) is 0. The fourth-order valence-corrected chi connectivity index (χ4v) is 2.89. The van der Waals surface area contributed by atoms with Gasteiger partial charge in [-0.2, -0.15) is 11.8 Å². The molecule has 2 nitrogen and oxygen atoms in total. The van der Waals surface area contributed by atoms with Crippen LogP contribution in [0.3, 0.4) is 0 Å². The average molecular weight is 181 g/mol. The van der Waals surface area contributed by atoms with Gasteiger partial charge in [0, 0.05) is 11.2 Å². The predicted octanol–water partition coefficient (Wildman–Crippen LogP) is 2.06. The summed E-state index contributed by atoms with van der Waals surface area (Å²) in [4.78, 5) is 0. The zero-order valence-corrected chi connectivity index (χ0v) is 7.50. The Hall–Kier alpha value is -0.700. The smallest absolute Gasteiger partial charge is 0.0661 e. The fourth-order valence-electron chi connectivity index (χ4n) is 1.63. The molecule has 0 aromatic carbocycles. The van der Waals surface area contributed by atoms with Gasteiger partial charge in [-0.25, -0.2) is 0 Å². The van der Waals surface area contributed by atoms with Gasteiger partial charge in [-0.05, 0) is 12.2 Å². The molecule has 0 aromatic rings. The van der Waals surface area contributed by atoms with Crippen LogP contribution in [0, 0.1) is 5.92 Å². The minimum absolute atomic E-state index is 0.332. The van der Waals surface area contributed by atoms with Crippen LogP contribution in [0.1, 0.15) is 6.42 Å². The van der Waals surface area contributed by atoms with Crippen LogP contribution in [-0.2, 0) is 0 Å². The topological polar surface area (TPSA) is 32.6 Å². The molecule has 0 saturated carbocycles. The highest BCUT2D eigenvalue weighted by molar-refractivity contribution is 8.00. The molecule has 1 heterocycles. The molecule has 2 atom stereocenters. The highest BCUT2D eigenvalue weighted by Crippen LogP contribution is 2.32. The molecule has 64 valence electrons. The maximum atomic E-state index is 8.75. The van der Waals surface area contributed by atoms with Gasteiger partial charge in [0.15, 0.2) is 0 Å². The molecule has 1 aliphatic heterocycles. The van der Waals surface area contributed by atoms with E-state index in [4.69, 9.17) is 5.21 Å². The van der Waals surface area contributed by atoms with Crippen LogP contribution in [0.25, 0.3) is 0 Å². The van der Waals surface area contributed by atoms with Gasteiger partial charge in [-0.1, -0.05) is 29.5 Å². The summed E-state index contributed by atoms with van der Waals surface area (Å²) in [5.41, 5.74) is 0.930. The number of oxime groups is 1. The van der Waals surface area contributed by atoms with E-state index >= 15 is 0 Å². The van der Waals surface area contributed by atoms with Crippen LogP contribution in [0.4, 0.5) is 0 Å². The van der Waals surface area contributed by atoms with Crippen LogP contribution in [0.5, 0.6) is 0 Å². The summed E-state index contributed by atoms with van der Waals surface area (Å²) in [7, 11) is 0. The van der Waals surface area contributed by atoms with Gasteiger partial charge in [0.05, 0.1) is 5.71 Å². The number of fused-ring (bicyclic) bond motifs is 1. The first-order valence-electron chi connectivity index (χ1n) is 4.09. The fraction of sp³-hybridized carbons (Fsp3) is 0.444. The molecule has 1 saturated heterocycles. The lowest BCUT2D eigenvalue weighted by atomic mass is 9.93. The summed E-state index contributed by atoms with van der Waals surface area (Å²) in [5.74, 6) is 1.40. The Kier molecular flexibility index (Phi) is 2.21. The van der Waals surface area contributed by atoms with E-state index in [0.717, 1.165) is 17.9 Å². The summed E-state index contributed by atoms with van der Waals surface area (Å²) in [6.07, 6.45) is 9.30. The highest BCUT2D eigenvalue weighted by atomic mass is 32.2. The van der Waals surface area contributed by atoms with Crippen molar-refractivity contribution in [3.8, 4) is 0 Å². The van der Waals surface area contributed by atoms with Gasteiger partial charge >= 0.3 is 0 Å². The van der Waals surface area contributed by atoms with Crippen molar-refractivity contribution in [3.63, 3.8) is 0 Å². The van der Waals surface area contributed by atoms with E-state index in [9.17, 15) is 0 Å². The molecule has 3 heteroatoms. The number of thioether (sulfide) groups is 1. The molecule has 0 radical (unpaired) electrons. The van der Waals surface area contributed by atoms with Gasteiger partial charge in [0.25, 0.3) is 0 Å². The lowest BCUT2D eigenvalue weighted by Gasteiger charge is -2.28. The molecule has 0 spiro atoms. The van der Waals surface area contributed by atoms with E-state index in [0.29, 0.717) is 11.2 Å². The van der Waals surface area contributed by atoms with Crippen LogP contribution >= 0.6 is 11.8 Å². The van der Waals surface area contributed by atoms with Gasteiger partial charge in [-0.3, -0.25) is 0 Å². The van der Waals surface area contributed by atoms with Crippen LogP contribution < -0.4 is 0 Å². The van der Waals surface area contributed by atoms with Crippen LogP contribution in [0.15, 0.2) is 29.5 Å². The Balaban J connectivity index is 2.22. The van der Waals surface area contributed by atoms with Gasteiger partial charge < -0.3 is 5.21 Å². The minimum atomic E-state index is 0.332. The molecule has 1 fully saturated rings. The van der Waals surface area contributed by atoms with Crippen molar-refractivity contribution in [3.05, 3.63) is 24.3 Å². The number of hydrogen-bond acceptors (Lipinski definition) is 3. The third-order valence-corrected chi connectivity index (χ3v) is 3.54. The van der Waals surface area contributed by atoms with Crippen molar-refractivity contribution in [1.82, 2.24) is 0 Å². The summed E-state index contributed by atoms with van der Waals surface area (Å²) >= 11 is 1.94. The average Bonchev–Trinajstić information content (AvgIpc) is 2.17. The lowest BCUT2D eigenvalue weighted by Crippen LogP contribution is -2.29. The van der Waals surface area contributed by atoms with Crippen molar-refractivity contribution in [2.45, 2.75) is 11.7 Å². The maximum Gasteiger partial charge on any atom is 0.0661 e. The largest absolute Gasteiger partial charge is 0.411 e. The highest BCUT2D eigenvalue weighted by Gasteiger charge is 2.28. The molecule has 0 aromatic heterocycles. The number of nitrogens with zero attached hydrogens (tertiary/aromatic N) is 1. The Labute approximate surface area is 76.0 Å². The third-order valence-electron chi connectivity index (χ3n) is 2.27. The first kappa shape index (κ1) is 7.92. The third kappa shape index (κ3) is 1.29. The van der Waals surface area contributed by atoms with Crippen molar-refractivity contribution in [2.75, 3.05) is 5.75 Å². The van der Waals surface area contributed by atoms with Crippen molar-refractivity contribution in [1.29, 1.82) is 0 Å². The molecule has 1 aliphatic carbocycles. The quantitative estimate of drug-likeness (QED) is 0.458. The second kappa shape index (κ2) is 3.35. The first-order chi connectivity index (χ1) is 5.92. The Morgan fingerprint density at radius 3 is 3.08 bits per heavy atom. The van der Waals surface area contributed by atoms with Crippen LogP contribution in [-0.4, -0.2) is 21.9 Å². The first-order valence-corrected chi connectivity index (χ1v) is 5.14. The Bertz CT molecular complexity index is 257. The summed E-state index contributed by atoms with van der Waals surface area (Å²) < 4.78 is 0. The van der Waals surface area contributed by atoms with E-state index in [1.54, 1.807) is 0 Å². The SMILES string of the molecule is ON=C1CCSC2C=CC=CC12.